The molecule has 3 aromatic rings. The largest absolute Gasteiger partial charge is 0.507 e. The van der Waals surface area contributed by atoms with Crippen LogP contribution in [0.15, 0.2) is 60.7 Å². The van der Waals surface area contributed by atoms with E-state index in [0.717, 1.165) is 5.56 Å². The number of phenols is 1. The van der Waals surface area contributed by atoms with Crippen molar-refractivity contribution >= 4 is 29.0 Å². The van der Waals surface area contributed by atoms with Crippen molar-refractivity contribution in [1.82, 2.24) is 5.32 Å². The van der Waals surface area contributed by atoms with E-state index in [1.807, 2.05) is 24.3 Å². The highest BCUT2D eigenvalue weighted by Gasteiger charge is 2.33. The molecule has 0 aliphatic heterocycles. The van der Waals surface area contributed by atoms with E-state index < -0.39 is 6.09 Å². The van der Waals surface area contributed by atoms with E-state index >= 15 is 0 Å². The molecule has 7 heteroatoms. The summed E-state index contributed by atoms with van der Waals surface area (Å²) in [5.74, 6) is -0.913. The second-order valence-electron chi connectivity index (χ2n) is 7.04. The summed E-state index contributed by atoms with van der Waals surface area (Å²) in [6.45, 7) is 0.258. The van der Waals surface area contributed by atoms with Gasteiger partial charge in [-0.1, -0.05) is 36.4 Å². The van der Waals surface area contributed by atoms with E-state index in [0.29, 0.717) is 23.4 Å². The molecule has 3 N–H and O–H groups in total. The minimum Gasteiger partial charge on any atom is -0.507 e. The highest BCUT2D eigenvalue weighted by molar-refractivity contribution is 6.31. The summed E-state index contributed by atoms with van der Waals surface area (Å²) in [6.07, 6.45) is 0.0858. The number of benzene rings is 3. The van der Waals surface area contributed by atoms with Crippen LogP contribution in [-0.4, -0.2) is 36.4 Å². The lowest BCUT2D eigenvalue weighted by Crippen LogP contribution is -2.22. The van der Waals surface area contributed by atoms with Crippen molar-refractivity contribution in [2.45, 2.75) is 6.42 Å². The van der Waals surface area contributed by atoms with Gasteiger partial charge in [0.25, 0.3) is 0 Å². The number of phenolic OH excluding ortho intramolecular Hbond substituents is 1. The van der Waals surface area contributed by atoms with Gasteiger partial charge in [0.15, 0.2) is 11.6 Å². The molecule has 0 saturated carbocycles. The number of carbonyl (C=O) groups excluding carboxylic acids is 3. The zero-order valence-electron chi connectivity index (χ0n) is 16.8. The molecule has 7 nitrogen and oxygen atoms in total. The first kappa shape index (κ1) is 20.2. The van der Waals surface area contributed by atoms with E-state index in [2.05, 4.69) is 10.6 Å². The number of carbonyl (C=O) groups is 3. The van der Waals surface area contributed by atoms with Gasteiger partial charge < -0.3 is 20.5 Å². The second kappa shape index (κ2) is 8.31. The summed E-state index contributed by atoms with van der Waals surface area (Å²) in [6, 6.07) is 17.0. The van der Waals surface area contributed by atoms with E-state index in [9.17, 15) is 19.5 Å². The van der Waals surface area contributed by atoms with Crippen molar-refractivity contribution in [2.75, 3.05) is 19.0 Å². The summed E-state index contributed by atoms with van der Waals surface area (Å²) in [5, 5.41) is 15.9. The van der Waals surface area contributed by atoms with Crippen LogP contribution in [-0.2, 0) is 11.2 Å². The summed E-state index contributed by atoms with van der Waals surface area (Å²) in [7, 11) is 1.50. The Hall–Kier alpha value is -4.13. The third-order valence-electron chi connectivity index (χ3n) is 5.11. The lowest BCUT2D eigenvalue weighted by molar-refractivity contribution is 0.0977. The third-order valence-corrected chi connectivity index (χ3v) is 5.11. The number of rotatable bonds is 5. The standard InChI is InChI=1S/C24H20N2O5/c1-25-24(30)31-13-12-14-6-8-15(9-7-14)26-18-10-11-19(27)21-20(18)22(28)16-4-2-3-5-17(16)23(21)29/h2-11,26-27H,12-13H2,1H3,(H,25,30). The van der Waals surface area contributed by atoms with Crippen LogP contribution in [0.3, 0.4) is 0 Å². The number of aromatic hydroxyl groups is 1. The Morgan fingerprint density at radius 2 is 1.55 bits per heavy atom. The number of fused-ring (bicyclic) bond motifs is 2. The maximum Gasteiger partial charge on any atom is 0.406 e. The molecule has 4 rings (SSSR count). The quantitative estimate of drug-likeness (QED) is 0.428. The van der Waals surface area contributed by atoms with Gasteiger partial charge in [0.2, 0.25) is 0 Å². The number of hydrogen-bond donors (Lipinski definition) is 3. The Morgan fingerprint density at radius 3 is 2.19 bits per heavy atom. The molecule has 0 aromatic heterocycles. The summed E-state index contributed by atoms with van der Waals surface area (Å²) >= 11 is 0. The number of ketones is 2. The van der Waals surface area contributed by atoms with Crippen LogP contribution in [0.25, 0.3) is 0 Å². The lowest BCUT2D eigenvalue weighted by Gasteiger charge is -2.21. The zero-order valence-corrected chi connectivity index (χ0v) is 16.8. The predicted molar refractivity (Wildman–Crippen MR) is 115 cm³/mol. The van der Waals surface area contributed by atoms with E-state index in [-0.39, 0.29) is 40.6 Å². The Bertz CT molecular complexity index is 1190. The van der Waals surface area contributed by atoms with Gasteiger partial charge in [0.1, 0.15) is 5.75 Å². The molecule has 0 bridgehead atoms. The minimum atomic E-state index is -0.476. The average molecular weight is 416 g/mol. The van der Waals surface area contributed by atoms with Crippen LogP contribution < -0.4 is 10.6 Å². The normalized spacial score (nSPS) is 12.0. The Balaban J connectivity index is 1.59. The number of ether oxygens (including phenoxy) is 1. The first-order valence-electron chi connectivity index (χ1n) is 9.74. The monoisotopic (exact) mass is 416 g/mol. The number of nitrogens with one attached hydrogen (secondary N) is 2. The molecule has 0 fully saturated rings. The molecule has 0 saturated heterocycles. The molecular weight excluding hydrogens is 396 g/mol. The fraction of sp³-hybridized carbons (Fsp3) is 0.125. The van der Waals surface area contributed by atoms with Gasteiger partial charge in [-0.3, -0.25) is 9.59 Å². The number of amides is 1. The molecule has 1 amide bonds. The van der Waals surface area contributed by atoms with Crippen LogP contribution >= 0.6 is 0 Å². The molecule has 3 aromatic carbocycles. The number of hydrogen-bond acceptors (Lipinski definition) is 6. The molecule has 1 aliphatic rings. The van der Waals surface area contributed by atoms with Gasteiger partial charge in [0, 0.05) is 30.3 Å². The minimum absolute atomic E-state index is 0.0108. The Labute approximate surface area is 178 Å². The summed E-state index contributed by atoms with van der Waals surface area (Å²) < 4.78 is 4.99. The number of alkyl carbamates (subject to hydrolysis) is 1. The molecule has 156 valence electrons. The SMILES string of the molecule is CNC(=O)OCCc1ccc(Nc2ccc(O)c3c2C(=O)c2ccccc2C3=O)cc1. The molecule has 0 spiro atoms. The van der Waals surface area contributed by atoms with Gasteiger partial charge >= 0.3 is 6.09 Å². The fourth-order valence-corrected chi connectivity index (χ4v) is 3.55. The third kappa shape index (κ3) is 3.85. The van der Waals surface area contributed by atoms with Crippen molar-refractivity contribution in [3.63, 3.8) is 0 Å². The fourth-order valence-electron chi connectivity index (χ4n) is 3.55. The van der Waals surface area contributed by atoms with Gasteiger partial charge in [0.05, 0.1) is 23.4 Å². The zero-order chi connectivity index (χ0) is 22.0. The Morgan fingerprint density at radius 1 is 0.903 bits per heavy atom. The van der Waals surface area contributed by atoms with Crippen LogP contribution in [0, 0.1) is 0 Å². The second-order valence-corrected chi connectivity index (χ2v) is 7.04. The van der Waals surface area contributed by atoms with E-state index in [1.165, 1.54) is 13.1 Å². The van der Waals surface area contributed by atoms with Crippen LogP contribution in [0.2, 0.25) is 0 Å². The topological polar surface area (TPSA) is 105 Å². The molecule has 1 aliphatic carbocycles. The maximum absolute atomic E-state index is 13.1. The molecule has 0 unspecified atom stereocenters. The molecule has 0 atom stereocenters. The average Bonchev–Trinajstić information content (AvgIpc) is 2.79. The summed E-state index contributed by atoms with van der Waals surface area (Å²) in [5.41, 5.74) is 2.90. The highest BCUT2D eigenvalue weighted by atomic mass is 16.5. The van der Waals surface area contributed by atoms with Crippen molar-refractivity contribution in [3.05, 3.63) is 88.5 Å². The van der Waals surface area contributed by atoms with Gasteiger partial charge in [-0.15, -0.1) is 0 Å². The molecule has 31 heavy (non-hydrogen) atoms. The van der Waals surface area contributed by atoms with Crippen molar-refractivity contribution in [1.29, 1.82) is 0 Å². The Kier molecular flexibility index (Phi) is 5.41. The first-order chi connectivity index (χ1) is 15.0. The van der Waals surface area contributed by atoms with Crippen molar-refractivity contribution < 1.29 is 24.2 Å². The maximum atomic E-state index is 13.1. The smallest absolute Gasteiger partial charge is 0.406 e. The van der Waals surface area contributed by atoms with E-state index in [1.54, 1.807) is 30.3 Å². The lowest BCUT2D eigenvalue weighted by atomic mass is 9.82. The molecule has 0 heterocycles. The first-order valence-corrected chi connectivity index (χ1v) is 9.74. The van der Waals surface area contributed by atoms with Crippen LogP contribution in [0.5, 0.6) is 5.75 Å². The molecule has 0 radical (unpaired) electrons. The van der Waals surface area contributed by atoms with Crippen molar-refractivity contribution in [2.24, 2.45) is 0 Å². The van der Waals surface area contributed by atoms with Crippen LogP contribution in [0.1, 0.15) is 37.4 Å². The molecular formula is C24H20N2O5. The van der Waals surface area contributed by atoms with Gasteiger partial charge in [-0.05, 0) is 29.8 Å². The van der Waals surface area contributed by atoms with Gasteiger partial charge in [-0.2, -0.15) is 0 Å². The van der Waals surface area contributed by atoms with E-state index in [4.69, 9.17) is 4.74 Å². The van der Waals surface area contributed by atoms with Crippen LogP contribution in [0.4, 0.5) is 16.2 Å². The predicted octanol–water partition coefficient (Wildman–Crippen LogP) is 3.81. The van der Waals surface area contributed by atoms with Gasteiger partial charge in [-0.25, -0.2) is 4.79 Å². The van der Waals surface area contributed by atoms with Crippen molar-refractivity contribution in [3.8, 4) is 5.75 Å². The number of anilines is 2. The highest BCUT2D eigenvalue weighted by Crippen LogP contribution is 2.37. The summed E-state index contributed by atoms with van der Waals surface area (Å²) in [4.78, 5) is 37.1.